The molecule has 9 heteroatoms. The lowest BCUT2D eigenvalue weighted by atomic mass is 10.0. The number of nitrogens with two attached hydrogens (primary N) is 1. The van der Waals surface area contributed by atoms with E-state index < -0.39 is 10.0 Å². The van der Waals surface area contributed by atoms with E-state index in [2.05, 4.69) is 9.71 Å². The van der Waals surface area contributed by atoms with Gasteiger partial charge in [-0.15, -0.1) is 11.3 Å². The number of aromatic nitrogens is 2. The molecule has 1 aliphatic heterocycles. The molecule has 2 aromatic rings. The van der Waals surface area contributed by atoms with E-state index >= 15 is 0 Å². The number of fused-ring (bicyclic) bond motifs is 1. The molecule has 0 aromatic carbocycles. The van der Waals surface area contributed by atoms with Crippen molar-refractivity contribution in [2.45, 2.75) is 17.9 Å². The summed E-state index contributed by atoms with van der Waals surface area (Å²) in [5.74, 6) is 2.69. The minimum Gasteiger partial charge on any atom is -0.381 e. The highest BCUT2D eigenvalue weighted by Crippen LogP contribution is 2.25. The molecule has 0 amide bonds. The molecule has 3 rings (SSSR count). The second-order valence-electron chi connectivity index (χ2n) is 4.77. The topological polar surface area (TPSA) is 89.5 Å². The van der Waals surface area contributed by atoms with Crippen LogP contribution >= 0.6 is 23.1 Å². The van der Waals surface area contributed by atoms with Crippen molar-refractivity contribution in [3.63, 3.8) is 0 Å². The Kier molecular flexibility index (Phi) is 3.93. The summed E-state index contributed by atoms with van der Waals surface area (Å²) in [6, 6.07) is 0. The van der Waals surface area contributed by atoms with E-state index in [1.165, 1.54) is 15.7 Å². The van der Waals surface area contributed by atoms with Crippen LogP contribution in [0.1, 0.15) is 12.8 Å². The molecule has 0 saturated carbocycles. The average molecular weight is 332 g/mol. The molecule has 0 aliphatic carbocycles. The number of thioether (sulfide) groups is 1. The van der Waals surface area contributed by atoms with Crippen LogP contribution in [0.2, 0.25) is 0 Å². The fourth-order valence-electron chi connectivity index (χ4n) is 2.30. The third kappa shape index (κ3) is 2.67. The Hall–Kier alpha value is -0.770. The zero-order valence-corrected chi connectivity index (χ0v) is 13.2. The fourth-order valence-corrected chi connectivity index (χ4v) is 5.60. The molecular weight excluding hydrogens is 316 g/mol. The van der Waals surface area contributed by atoms with Crippen LogP contribution in [0.3, 0.4) is 0 Å². The summed E-state index contributed by atoms with van der Waals surface area (Å²) in [5, 5.41) is 1.85. The molecule has 2 aromatic heterocycles. The lowest BCUT2D eigenvalue weighted by Gasteiger charge is -2.21. The number of anilines is 1. The van der Waals surface area contributed by atoms with Gasteiger partial charge in [0.25, 0.3) is 10.0 Å². The first-order valence-electron chi connectivity index (χ1n) is 6.36. The van der Waals surface area contributed by atoms with Gasteiger partial charge in [0.15, 0.2) is 15.8 Å². The monoisotopic (exact) mass is 332 g/mol. The number of rotatable bonds is 4. The molecular formula is C11H16N4O2S3. The Balaban J connectivity index is 1.80. The molecule has 1 fully saturated rings. The van der Waals surface area contributed by atoms with Gasteiger partial charge in [0.1, 0.15) is 0 Å². The maximum absolute atomic E-state index is 12.4. The van der Waals surface area contributed by atoms with Crippen molar-refractivity contribution in [3.8, 4) is 0 Å². The smallest absolute Gasteiger partial charge is 0.260 e. The van der Waals surface area contributed by atoms with E-state index in [1.54, 1.807) is 11.6 Å². The molecule has 0 radical (unpaired) electrons. The number of nitrogens with one attached hydrogen (secondary N) is 1. The first kappa shape index (κ1) is 14.2. The minimum atomic E-state index is -3.62. The number of sulfonamides is 1. The summed E-state index contributed by atoms with van der Waals surface area (Å²) in [7, 11) is -3.62. The number of hydrogen-bond acceptors (Lipinski definition) is 6. The third-order valence-electron chi connectivity index (χ3n) is 3.40. The predicted molar refractivity (Wildman–Crippen MR) is 82.7 cm³/mol. The van der Waals surface area contributed by atoms with Crippen LogP contribution in [0, 0.1) is 5.92 Å². The van der Waals surface area contributed by atoms with Gasteiger partial charge in [0.05, 0.1) is 0 Å². The van der Waals surface area contributed by atoms with Gasteiger partial charge >= 0.3 is 0 Å². The summed E-state index contributed by atoms with van der Waals surface area (Å²) >= 11 is 3.29. The summed E-state index contributed by atoms with van der Waals surface area (Å²) in [6.45, 7) is 0.472. The van der Waals surface area contributed by atoms with E-state index in [9.17, 15) is 8.42 Å². The molecule has 1 aliphatic rings. The summed E-state index contributed by atoms with van der Waals surface area (Å²) < 4.78 is 29.0. The first-order valence-corrected chi connectivity index (χ1v) is 9.88. The van der Waals surface area contributed by atoms with Crippen LogP contribution in [-0.2, 0) is 10.0 Å². The quantitative estimate of drug-likeness (QED) is 0.883. The van der Waals surface area contributed by atoms with Crippen molar-refractivity contribution in [3.05, 3.63) is 11.6 Å². The van der Waals surface area contributed by atoms with E-state index in [0.717, 1.165) is 24.3 Å². The van der Waals surface area contributed by atoms with E-state index in [4.69, 9.17) is 5.73 Å². The number of imidazole rings is 1. The van der Waals surface area contributed by atoms with Crippen molar-refractivity contribution in [2.24, 2.45) is 5.92 Å². The molecule has 20 heavy (non-hydrogen) atoms. The Morgan fingerprint density at radius 1 is 1.45 bits per heavy atom. The molecule has 0 bridgehead atoms. The predicted octanol–water partition coefficient (Wildman–Crippen LogP) is 1.40. The van der Waals surface area contributed by atoms with Crippen LogP contribution in [0.5, 0.6) is 0 Å². The Bertz CT molecular complexity index is 700. The molecule has 0 unspecified atom stereocenters. The third-order valence-corrected chi connectivity index (χ3v) is 6.67. The maximum atomic E-state index is 12.4. The molecule has 3 N–H and O–H groups in total. The van der Waals surface area contributed by atoms with Crippen molar-refractivity contribution < 1.29 is 8.42 Å². The van der Waals surface area contributed by atoms with Crippen LogP contribution in [0.15, 0.2) is 16.6 Å². The van der Waals surface area contributed by atoms with Gasteiger partial charge in [-0.05, 0) is 30.3 Å². The normalized spacial score (nSPS) is 17.8. The highest BCUT2D eigenvalue weighted by Gasteiger charge is 2.25. The van der Waals surface area contributed by atoms with Gasteiger partial charge < -0.3 is 5.73 Å². The van der Waals surface area contributed by atoms with E-state index in [-0.39, 0.29) is 10.8 Å². The second kappa shape index (κ2) is 5.55. The maximum Gasteiger partial charge on any atom is 0.260 e. The summed E-state index contributed by atoms with van der Waals surface area (Å²) in [5.41, 5.74) is 5.74. The Morgan fingerprint density at radius 2 is 2.20 bits per heavy atom. The SMILES string of the molecule is Nc1nc2sccn2c1S(=O)(=O)NCC1CCSCC1. The molecule has 3 heterocycles. The van der Waals surface area contributed by atoms with Crippen molar-refractivity contribution in [2.75, 3.05) is 23.8 Å². The highest BCUT2D eigenvalue weighted by molar-refractivity contribution is 7.99. The molecule has 0 atom stereocenters. The van der Waals surface area contributed by atoms with Gasteiger partial charge in [-0.25, -0.2) is 18.1 Å². The molecule has 6 nitrogen and oxygen atoms in total. The molecule has 1 saturated heterocycles. The summed E-state index contributed by atoms with van der Waals surface area (Å²) in [4.78, 5) is 4.67. The standard InChI is InChI=1S/C11H16N4O2S3/c12-9-10(15-3-6-19-11(15)14-9)20(16,17)13-7-8-1-4-18-5-2-8/h3,6,8,13H,1-2,4-5,7,12H2. The number of thiazole rings is 1. The number of nitrogen functional groups attached to an aromatic ring is 1. The van der Waals surface area contributed by atoms with Gasteiger partial charge in [0.2, 0.25) is 0 Å². The van der Waals surface area contributed by atoms with Gasteiger partial charge in [-0.1, -0.05) is 0 Å². The van der Waals surface area contributed by atoms with Gasteiger partial charge in [-0.2, -0.15) is 11.8 Å². The zero-order valence-electron chi connectivity index (χ0n) is 10.8. The fraction of sp³-hybridized carbons (Fsp3) is 0.545. The largest absolute Gasteiger partial charge is 0.381 e. The average Bonchev–Trinajstić information content (AvgIpc) is 2.97. The van der Waals surface area contributed by atoms with Crippen molar-refractivity contribution >= 4 is 43.9 Å². The highest BCUT2D eigenvalue weighted by atomic mass is 32.2. The molecule has 110 valence electrons. The van der Waals surface area contributed by atoms with Crippen molar-refractivity contribution in [1.29, 1.82) is 0 Å². The zero-order chi connectivity index (χ0) is 14.2. The van der Waals surface area contributed by atoms with E-state index in [0.29, 0.717) is 17.4 Å². The second-order valence-corrected chi connectivity index (χ2v) is 8.55. The molecule has 0 spiro atoms. The Labute approximate surface area is 125 Å². The van der Waals surface area contributed by atoms with Crippen LogP contribution in [0.25, 0.3) is 4.96 Å². The van der Waals surface area contributed by atoms with Crippen LogP contribution < -0.4 is 10.5 Å². The van der Waals surface area contributed by atoms with Crippen LogP contribution in [0.4, 0.5) is 5.82 Å². The van der Waals surface area contributed by atoms with Crippen molar-refractivity contribution in [1.82, 2.24) is 14.1 Å². The van der Waals surface area contributed by atoms with E-state index in [1.807, 2.05) is 11.8 Å². The lowest BCUT2D eigenvalue weighted by Crippen LogP contribution is -2.32. The van der Waals surface area contributed by atoms with Gasteiger partial charge in [-0.3, -0.25) is 4.40 Å². The number of nitrogens with zero attached hydrogens (tertiary/aromatic N) is 2. The van der Waals surface area contributed by atoms with Crippen LogP contribution in [-0.4, -0.2) is 35.9 Å². The summed E-state index contributed by atoms with van der Waals surface area (Å²) in [6.07, 6.45) is 3.79. The Morgan fingerprint density at radius 3 is 2.95 bits per heavy atom. The number of hydrogen-bond donors (Lipinski definition) is 2. The first-order chi connectivity index (χ1) is 9.58. The minimum absolute atomic E-state index is 0.0546. The van der Waals surface area contributed by atoms with Gasteiger partial charge in [0, 0.05) is 18.1 Å². The lowest BCUT2D eigenvalue weighted by molar-refractivity contribution is 0.476.